The van der Waals surface area contributed by atoms with Gasteiger partial charge in [0.1, 0.15) is 33.9 Å². The van der Waals surface area contributed by atoms with Gasteiger partial charge in [0.05, 0.1) is 11.2 Å². The number of nitrogens with zero attached hydrogens (tertiary/aromatic N) is 5. The molecule has 1 aliphatic rings. The van der Waals surface area contributed by atoms with Crippen molar-refractivity contribution < 1.29 is 9.50 Å². The van der Waals surface area contributed by atoms with Gasteiger partial charge in [0.2, 0.25) is 0 Å². The second kappa shape index (κ2) is 7.94. The first-order valence-electron chi connectivity index (χ1n) is 9.42. The van der Waals surface area contributed by atoms with E-state index < -0.39 is 5.82 Å². The molecule has 0 spiro atoms. The van der Waals surface area contributed by atoms with Crippen LogP contribution in [0.3, 0.4) is 0 Å². The summed E-state index contributed by atoms with van der Waals surface area (Å²) in [6.07, 6.45) is 0. The van der Waals surface area contributed by atoms with E-state index in [-0.39, 0.29) is 22.0 Å². The molecule has 30 heavy (non-hydrogen) atoms. The van der Waals surface area contributed by atoms with Gasteiger partial charge in [0.25, 0.3) is 5.56 Å². The third kappa shape index (κ3) is 3.70. The van der Waals surface area contributed by atoms with E-state index in [0.29, 0.717) is 55.0 Å². The summed E-state index contributed by atoms with van der Waals surface area (Å²) in [4.78, 5) is 21.2. The maximum Gasteiger partial charge on any atom is 0.270 e. The Labute approximate surface area is 177 Å². The highest BCUT2D eigenvalue weighted by Crippen LogP contribution is 2.29. The third-order valence-corrected chi connectivity index (χ3v) is 5.54. The molecule has 0 unspecified atom stereocenters. The molecule has 4 rings (SSSR count). The fourth-order valence-corrected chi connectivity index (χ4v) is 4.04. The smallest absolute Gasteiger partial charge is 0.270 e. The highest BCUT2D eigenvalue weighted by Gasteiger charge is 2.25. The van der Waals surface area contributed by atoms with Gasteiger partial charge in [0, 0.05) is 45.8 Å². The Morgan fingerprint density at radius 1 is 1.23 bits per heavy atom. The highest BCUT2D eigenvalue weighted by molar-refractivity contribution is 6.29. The van der Waals surface area contributed by atoms with E-state index >= 15 is 0 Å². The number of aryl methyl sites for hydroxylation is 1. The van der Waals surface area contributed by atoms with Gasteiger partial charge < -0.3 is 14.6 Å². The number of hydrogen-bond donors (Lipinski definition) is 1. The quantitative estimate of drug-likeness (QED) is 0.647. The zero-order valence-corrected chi connectivity index (χ0v) is 17.0. The fourth-order valence-electron chi connectivity index (χ4n) is 3.89. The molecule has 0 atom stereocenters. The number of benzene rings is 1. The fraction of sp³-hybridized carbons (Fsp3) is 0.286. The van der Waals surface area contributed by atoms with Crippen LogP contribution in [-0.2, 0) is 13.6 Å². The standard InChI is InChI=1S/C21H19ClFN5O2/c1-26-17-2-3-18(22)25-19(17)20(16(11-24)21(26)30)28-6-4-27(5-7-28)12-13-8-14(23)10-15(29)9-13/h2-3,8-10,29H,4-7,12H2,1H3. The van der Waals surface area contributed by atoms with Crippen LogP contribution in [0.15, 0.2) is 35.1 Å². The number of pyridine rings is 2. The van der Waals surface area contributed by atoms with E-state index in [1.807, 2.05) is 11.0 Å². The zero-order chi connectivity index (χ0) is 21.4. The molecule has 9 heteroatoms. The molecule has 0 saturated carbocycles. The number of piperazine rings is 1. The average Bonchev–Trinajstić information content (AvgIpc) is 2.70. The second-order valence-corrected chi connectivity index (χ2v) is 7.67. The number of nitriles is 1. The molecule has 1 fully saturated rings. The lowest BCUT2D eigenvalue weighted by Gasteiger charge is -2.36. The SMILES string of the molecule is Cn1c(=O)c(C#N)c(N2CCN(Cc3cc(O)cc(F)c3)CC2)c2nc(Cl)ccc21. The molecule has 154 valence electrons. The summed E-state index contributed by atoms with van der Waals surface area (Å²) < 4.78 is 14.9. The van der Waals surface area contributed by atoms with E-state index in [2.05, 4.69) is 9.88 Å². The monoisotopic (exact) mass is 427 g/mol. The maximum absolute atomic E-state index is 13.5. The average molecular weight is 428 g/mol. The number of halogens is 2. The minimum Gasteiger partial charge on any atom is -0.508 e. The molecular weight excluding hydrogens is 409 g/mol. The van der Waals surface area contributed by atoms with Crippen LogP contribution in [-0.4, -0.2) is 45.7 Å². The van der Waals surface area contributed by atoms with Crippen LogP contribution < -0.4 is 10.5 Å². The van der Waals surface area contributed by atoms with Crippen molar-refractivity contribution in [2.24, 2.45) is 7.05 Å². The number of hydrogen-bond acceptors (Lipinski definition) is 6. The predicted octanol–water partition coefficient (Wildman–Crippen LogP) is 2.63. The van der Waals surface area contributed by atoms with Crippen molar-refractivity contribution in [2.75, 3.05) is 31.1 Å². The van der Waals surface area contributed by atoms with E-state index in [1.54, 1.807) is 25.2 Å². The number of aromatic nitrogens is 2. The molecule has 0 aliphatic carbocycles. The molecule has 0 radical (unpaired) electrons. The van der Waals surface area contributed by atoms with Crippen LogP contribution in [0.1, 0.15) is 11.1 Å². The molecule has 3 aromatic rings. The van der Waals surface area contributed by atoms with Crippen LogP contribution >= 0.6 is 11.6 Å². The summed E-state index contributed by atoms with van der Waals surface area (Å²) in [5, 5.41) is 19.5. The summed E-state index contributed by atoms with van der Waals surface area (Å²) in [5.74, 6) is -0.575. The largest absolute Gasteiger partial charge is 0.508 e. The molecule has 1 saturated heterocycles. The Bertz CT molecular complexity index is 1210. The number of anilines is 1. The van der Waals surface area contributed by atoms with E-state index in [4.69, 9.17) is 11.6 Å². The third-order valence-electron chi connectivity index (χ3n) is 5.33. The molecular formula is C21H19ClFN5O2. The van der Waals surface area contributed by atoms with E-state index in [9.17, 15) is 19.6 Å². The second-order valence-electron chi connectivity index (χ2n) is 7.28. The van der Waals surface area contributed by atoms with Crippen molar-refractivity contribution in [2.45, 2.75) is 6.54 Å². The summed E-state index contributed by atoms with van der Waals surface area (Å²) in [5.41, 5.74) is 1.98. The van der Waals surface area contributed by atoms with Crippen LogP contribution in [0.5, 0.6) is 5.75 Å². The number of phenols is 1. The van der Waals surface area contributed by atoms with Gasteiger partial charge in [0.15, 0.2) is 0 Å². The van der Waals surface area contributed by atoms with Gasteiger partial charge in [-0.3, -0.25) is 9.69 Å². The number of rotatable bonds is 3. The Hall–Kier alpha value is -3.15. The highest BCUT2D eigenvalue weighted by atomic mass is 35.5. The van der Waals surface area contributed by atoms with Gasteiger partial charge in [-0.25, -0.2) is 9.37 Å². The van der Waals surface area contributed by atoms with Crippen molar-refractivity contribution in [3.8, 4) is 11.8 Å². The summed E-state index contributed by atoms with van der Waals surface area (Å²) in [7, 11) is 1.61. The van der Waals surface area contributed by atoms with Gasteiger partial charge >= 0.3 is 0 Å². The first-order chi connectivity index (χ1) is 14.4. The Morgan fingerprint density at radius 3 is 2.63 bits per heavy atom. The lowest BCUT2D eigenvalue weighted by atomic mass is 10.1. The molecule has 2 aromatic heterocycles. The number of phenolic OH excluding ortho intramolecular Hbond substituents is 1. The molecule has 3 heterocycles. The molecule has 1 aliphatic heterocycles. The lowest BCUT2D eigenvalue weighted by Crippen LogP contribution is -2.47. The molecule has 1 aromatic carbocycles. The molecule has 0 amide bonds. The topological polar surface area (TPSA) is 85.4 Å². The summed E-state index contributed by atoms with van der Waals surface area (Å²) in [6.45, 7) is 2.89. The van der Waals surface area contributed by atoms with Crippen LogP contribution in [0, 0.1) is 17.1 Å². The van der Waals surface area contributed by atoms with Crippen molar-refractivity contribution in [3.63, 3.8) is 0 Å². The normalized spacial score (nSPS) is 14.8. The minimum absolute atomic E-state index is 0.0447. The maximum atomic E-state index is 13.5. The van der Waals surface area contributed by atoms with Crippen molar-refractivity contribution in [3.05, 3.63) is 62.8 Å². The van der Waals surface area contributed by atoms with Crippen molar-refractivity contribution in [1.29, 1.82) is 5.26 Å². The van der Waals surface area contributed by atoms with Gasteiger partial charge in [-0.05, 0) is 29.8 Å². The van der Waals surface area contributed by atoms with E-state index in [1.165, 1.54) is 10.6 Å². The molecule has 0 bridgehead atoms. The zero-order valence-electron chi connectivity index (χ0n) is 16.3. The number of fused-ring (bicyclic) bond motifs is 1. The van der Waals surface area contributed by atoms with Crippen molar-refractivity contribution in [1.82, 2.24) is 14.5 Å². The molecule has 7 nitrogen and oxygen atoms in total. The Kier molecular flexibility index (Phi) is 5.33. The Balaban J connectivity index is 1.63. The minimum atomic E-state index is -0.475. The lowest BCUT2D eigenvalue weighted by molar-refractivity contribution is 0.249. The first kappa shape index (κ1) is 20.1. The number of aromatic hydroxyl groups is 1. The Morgan fingerprint density at radius 2 is 1.97 bits per heavy atom. The van der Waals surface area contributed by atoms with Crippen molar-refractivity contribution >= 4 is 28.3 Å². The van der Waals surface area contributed by atoms with Gasteiger partial charge in [-0.2, -0.15) is 5.26 Å². The molecule has 1 N–H and O–H groups in total. The summed E-state index contributed by atoms with van der Waals surface area (Å²) >= 11 is 6.10. The van der Waals surface area contributed by atoms with Gasteiger partial charge in [-0.15, -0.1) is 0 Å². The first-order valence-corrected chi connectivity index (χ1v) is 9.80. The summed E-state index contributed by atoms with van der Waals surface area (Å²) in [6, 6.07) is 9.40. The van der Waals surface area contributed by atoms with Crippen LogP contribution in [0.4, 0.5) is 10.1 Å². The van der Waals surface area contributed by atoms with E-state index in [0.717, 1.165) is 6.07 Å². The van der Waals surface area contributed by atoms with Gasteiger partial charge in [-0.1, -0.05) is 11.6 Å². The van der Waals surface area contributed by atoms with Crippen LogP contribution in [0.2, 0.25) is 5.15 Å². The van der Waals surface area contributed by atoms with Crippen LogP contribution in [0.25, 0.3) is 11.0 Å². The predicted molar refractivity (Wildman–Crippen MR) is 112 cm³/mol.